The molecule has 0 saturated carbocycles. The van der Waals surface area contributed by atoms with E-state index in [-0.39, 0.29) is 17.3 Å². The van der Waals surface area contributed by atoms with Gasteiger partial charge in [0.05, 0.1) is 28.9 Å². The first kappa shape index (κ1) is 19.6. The molecule has 12 nitrogen and oxygen atoms in total. The maximum Gasteiger partial charge on any atom is 0.293 e. The number of nitrogen functional groups attached to an aromatic ring is 1. The topological polar surface area (TPSA) is 150 Å². The molecule has 1 amide bonds. The Morgan fingerprint density at radius 2 is 2.21 bits per heavy atom. The summed E-state index contributed by atoms with van der Waals surface area (Å²) in [6.45, 7) is 3.04. The predicted molar refractivity (Wildman–Crippen MR) is 107 cm³/mol. The highest BCUT2D eigenvalue weighted by Crippen LogP contribution is 2.20. The largest absolute Gasteiger partial charge is 0.379 e. The van der Waals surface area contributed by atoms with Crippen molar-refractivity contribution in [2.24, 2.45) is 5.10 Å². The zero-order valence-corrected chi connectivity index (χ0v) is 17.4. The number of anilines is 1. The number of hydrazone groups is 1. The number of nitrogens with two attached hydrogens (primary N) is 1. The van der Waals surface area contributed by atoms with Gasteiger partial charge in [0.2, 0.25) is 11.6 Å². The molecule has 1 saturated heterocycles. The number of ether oxygens (including phenoxy) is 1. The smallest absolute Gasteiger partial charge is 0.293 e. The number of morpholine rings is 1. The Balaban J connectivity index is 1.57. The molecular weight excluding hydrogens is 466 g/mol. The fourth-order valence-corrected chi connectivity index (χ4v) is 4.00. The van der Waals surface area contributed by atoms with Gasteiger partial charge in [0.15, 0.2) is 5.69 Å². The van der Waals surface area contributed by atoms with Crippen molar-refractivity contribution in [1.82, 2.24) is 35.6 Å². The molecule has 1 aliphatic heterocycles. The van der Waals surface area contributed by atoms with Crippen molar-refractivity contribution in [3.05, 3.63) is 32.2 Å². The Morgan fingerprint density at radius 3 is 2.90 bits per heavy atom. The van der Waals surface area contributed by atoms with Crippen LogP contribution in [-0.4, -0.2) is 68.6 Å². The van der Waals surface area contributed by atoms with E-state index in [0.717, 1.165) is 8.66 Å². The zero-order chi connectivity index (χ0) is 20.2. The monoisotopic (exact) mass is 481 g/mol. The fourth-order valence-electron chi connectivity index (χ4n) is 2.70. The Bertz CT molecular complexity index is 1020. The van der Waals surface area contributed by atoms with Crippen molar-refractivity contribution in [1.29, 1.82) is 0 Å². The number of carbonyl (C=O) groups is 1. The third-order valence-electron chi connectivity index (χ3n) is 4.10. The van der Waals surface area contributed by atoms with Crippen LogP contribution in [0.2, 0.25) is 0 Å². The van der Waals surface area contributed by atoms with Gasteiger partial charge in [-0.1, -0.05) is 5.21 Å². The molecule has 0 aromatic carbocycles. The maximum atomic E-state index is 12.7. The lowest BCUT2D eigenvalue weighted by molar-refractivity contribution is 0.0332. The van der Waals surface area contributed by atoms with Crippen LogP contribution >= 0.6 is 27.3 Å². The molecule has 29 heavy (non-hydrogen) atoms. The number of nitrogens with one attached hydrogen (secondary N) is 1. The van der Waals surface area contributed by atoms with Crippen LogP contribution in [0.5, 0.6) is 0 Å². The molecule has 3 aromatic heterocycles. The molecule has 1 aliphatic rings. The molecule has 3 N–H and O–H groups in total. The van der Waals surface area contributed by atoms with Gasteiger partial charge >= 0.3 is 0 Å². The Kier molecular flexibility index (Phi) is 5.94. The second-order valence-electron chi connectivity index (χ2n) is 6.00. The van der Waals surface area contributed by atoms with E-state index in [1.807, 2.05) is 12.1 Å². The van der Waals surface area contributed by atoms with Crippen LogP contribution in [0.3, 0.4) is 0 Å². The van der Waals surface area contributed by atoms with Crippen LogP contribution in [0.25, 0.3) is 5.82 Å². The summed E-state index contributed by atoms with van der Waals surface area (Å²) in [6.07, 6.45) is 1.55. The molecule has 0 spiro atoms. The van der Waals surface area contributed by atoms with Crippen LogP contribution in [0.4, 0.5) is 5.82 Å². The van der Waals surface area contributed by atoms with Gasteiger partial charge < -0.3 is 10.5 Å². The summed E-state index contributed by atoms with van der Waals surface area (Å²) in [5.74, 6) is -0.278. The second-order valence-corrected chi connectivity index (χ2v) is 8.49. The summed E-state index contributed by atoms with van der Waals surface area (Å²) < 4.78 is 12.4. The zero-order valence-electron chi connectivity index (χ0n) is 15.0. The number of carbonyl (C=O) groups excluding carboxylic acids is 1. The molecule has 1 fully saturated rings. The first-order valence-electron chi connectivity index (χ1n) is 8.53. The molecular formula is C15H16BrN9O3S. The minimum absolute atomic E-state index is 0.0476. The molecule has 4 rings (SSSR count). The van der Waals surface area contributed by atoms with Gasteiger partial charge in [0.25, 0.3) is 5.91 Å². The van der Waals surface area contributed by atoms with E-state index in [9.17, 15) is 4.79 Å². The Labute approximate surface area is 176 Å². The Morgan fingerprint density at radius 1 is 1.38 bits per heavy atom. The first-order valence-corrected chi connectivity index (χ1v) is 10.1. The van der Waals surface area contributed by atoms with Gasteiger partial charge in [-0.3, -0.25) is 9.69 Å². The molecule has 0 unspecified atom stereocenters. The van der Waals surface area contributed by atoms with Crippen molar-refractivity contribution < 1.29 is 14.2 Å². The molecule has 0 atom stereocenters. The summed E-state index contributed by atoms with van der Waals surface area (Å²) >= 11 is 4.87. The quantitative estimate of drug-likeness (QED) is 0.381. The lowest BCUT2D eigenvalue weighted by Crippen LogP contribution is -2.37. The van der Waals surface area contributed by atoms with Gasteiger partial charge in [0.1, 0.15) is 0 Å². The normalized spacial score (nSPS) is 15.2. The molecule has 152 valence electrons. The van der Waals surface area contributed by atoms with Crippen LogP contribution in [0, 0.1) is 0 Å². The summed E-state index contributed by atoms with van der Waals surface area (Å²) in [6, 6.07) is 3.78. The molecule has 0 radical (unpaired) electrons. The van der Waals surface area contributed by atoms with E-state index in [4.69, 9.17) is 10.5 Å². The SMILES string of the molecule is Nc1nonc1-n1nnc(C(=O)N/N=C\c2ccc(Br)s2)c1CN1CCOCC1. The lowest BCUT2D eigenvalue weighted by Gasteiger charge is -2.26. The number of halogens is 1. The third kappa shape index (κ3) is 4.50. The van der Waals surface area contributed by atoms with E-state index in [1.165, 1.54) is 16.0 Å². The van der Waals surface area contributed by atoms with E-state index >= 15 is 0 Å². The molecule has 0 aliphatic carbocycles. The first-order chi connectivity index (χ1) is 14.1. The van der Waals surface area contributed by atoms with E-state index in [2.05, 4.69) is 56.6 Å². The second kappa shape index (κ2) is 8.77. The highest BCUT2D eigenvalue weighted by molar-refractivity contribution is 9.11. The fraction of sp³-hybridized carbons (Fsp3) is 0.333. The maximum absolute atomic E-state index is 12.7. The average molecular weight is 482 g/mol. The average Bonchev–Trinajstić information content (AvgIpc) is 3.43. The highest BCUT2D eigenvalue weighted by Gasteiger charge is 2.26. The van der Waals surface area contributed by atoms with Crippen molar-refractivity contribution in [3.8, 4) is 5.82 Å². The number of amides is 1. The minimum Gasteiger partial charge on any atom is -0.379 e. The predicted octanol–water partition coefficient (Wildman–Crippen LogP) is 0.653. The highest BCUT2D eigenvalue weighted by atomic mass is 79.9. The number of thiophene rings is 1. The van der Waals surface area contributed by atoms with Crippen LogP contribution in [0.15, 0.2) is 25.6 Å². The van der Waals surface area contributed by atoms with Gasteiger partial charge in [-0.15, -0.1) is 16.4 Å². The molecule has 14 heteroatoms. The van der Waals surface area contributed by atoms with Crippen LogP contribution in [-0.2, 0) is 11.3 Å². The van der Waals surface area contributed by atoms with Gasteiger partial charge in [-0.25, -0.2) is 10.1 Å². The summed E-state index contributed by atoms with van der Waals surface area (Å²) in [4.78, 5) is 15.7. The number of hydrogen-bond donors (Lipinski definition) is 2. The van der Waals surface area contributed by atoms with E-state index in [1.54, 1.807) is 6.21 Å². The van der Waals surface area contributed by atoms with Crippen molar-refractivity contribution in [2.45, 2.75) is 6.54 Å². The van der Waals surface area contributed by atoms with Crippen LogP contribution < -0.4 is 11.2 Å². The Hall–Kier alpha value is -2.68. The van der Waals surface area contributed by atoms with Gasteiger partial charge in [0, 0.05) is 24.5 Å². The molecule has 3 aromatic rings. The van der Waals surface area contributed by atoms with E-state index in [0.29, 0.717) is 38.5 Å². The van der Waals surface area contributed by atoms with Crippen molar-refractivity contribution in [3.63, 3.8) is 0 Å². The summed E-state index contributed by atoms with van der Waals surface area (Å²) in [5.41, 5.74) is 8.89. The standard InChI is InChI=1S/C15H16BrN9O3S/c16-11-2-1-9(29-11)7-18-20-15(26)12-10(8-24-3-5-27-6-4-24)25(23-19-12)14-13(17)21-28-22-14/h1-2,7H,3-6,8H2,(H2,17,21)(H,20,26)/b18-7-. The molecule has 4 heterocycles. The number of aromatic nitrogens is 5. The van der Waals surface area contributed by atoms with Crippen molar-refractivity contribution in [2.75, 3.05) is 32.0 Å². The minimum atomic E-state index is -0.499. The van der Waals surface area contributed by atoms with Crippen LogP contribution in [0.1, 0.15) is 21.1 Å². The van der Waals surface area contributed by atoms with Crippen molar-refractivity contribution >= 4 is 45.2 Å². The van der Waals surface area contributed by atoms with E-state index < -0.39 is 5.91 Å². The lowest BCUT2D eigenvalue weighted by atomic mass is 10.2. The third-order valence-corrected chi connectivity index (χ3v) is 5.66. The summed E-state index contributed by atoms with van der Waals surface area (Å²) in [7, 11) is 0. The number of hydrogen-bond acceptors (Lipinski definition) is 11. The number of nitrogens with zero attached hydrogens (tertiary/aromatic N) is 7. The van der Waals surface area contributed by atoms with Gasteiger partial charge in [-0.2, -0.15) is 9.78 Å². The molecule has 0 bridgehead atoms. The number of rotatable bonds is 6. The summed E-state index contributed by atoms with van der Waals surface area (Å²) in [5, 5.41) is 19.3. The van der Waals surface area contributed by atoms with Gasteiger partial charge in [-0.05, 0) is 38.4 Å².